The Morgan fingerprint density at radius 3 is 2.40 bits per heavy atom. The number of aromatic nitrogens is 2. The van der Waals surface area contributed by atoms with Crippen LogP contribution in [0, 0.1) is 18.6 Å². The molecular formula is C14H16F2N4. The van der Waals surface area contributed by atoms with Crippen LogP contribution in [-0.4, -0.2) is 16.5 Å². The third kappa shape index (κ3) is 3.20. The fourth-order valence-corrected chi connectivity index (χ4v) is 1.81. The predicted molar refractivity (Wildman–Crippen MR) is 74.6 cm³/mol. The average Bonchev–Trinajstić information content (AvgIpc) is 2.44. The van der Waals surface area contributed by atoms with E-state index in [0.717, 1.165) is 24.0 Å². The van der Waals surface area contributed by atoms with E-state index in [4.69, 9.17) is 0 Å². The fourth-order valence-electron chi connectivity index (χ4n) is 1.81. The van der Waals surface area contributed by atoms with Gasteiger partial charge in [-0.15, -0.1) is 0 Å². The fraction of sp³-hybridized carbons (Fsp3) is 0.286. The van der Waals surface area contributed by atoms with Crippen molar-refractivity contribution in [3.05, 3.63) is 47.3 Å². The average molecular weight is 278 g/mol. The van der Waals surface area contributed by atoms with E-state index in [1.807, 2.05) is 13.8 Å². The first-order valence-corrected chi connectivity index (χ1v) is 6.35. The van der Waals surface area contributed by atoms with E-state index in [2.05, 4.69) is 20.6 Å². The van der Waals surface area contributed by atoms with Gasteiger partial charge in [-0.25, -0.2) is 18.7 Å². The van der Waals surface area contributed by atoms with Crippen molar-refractivity contribution in [3.63, 3.8) is 0 Å². The lowest BCUT2D eigenvalue weighted by atomic mass is 10.2. The Balaban J connectivity index is 2.10. The Bertz CT molecular complexity index is 602. The van der Waals surface area contributed by atoms with E-state index in [-0.39, 0.29) is 0 Å². The molecule has 0 bridgehead atoms. The molecule has 0 amide bonds. The maximum absolute atomic E-state index is 13.1. The van der Waals surface area contributed by atoms with E-state index in [1.165, 1.54) is 18.5 Å². The van der Waals surface area contributed by atoms with Crippen LogP contribution in [0.2, 0.25) is 0 Å². The number of anilines is 2. The molecule has 1 aromatic carbocycles. The van der Waals surface area contributed by atoms with E-state index >= 15 is 0 Å². The molecule has 2 rings (SSSR count). The van der Waals surface area contributed by atoms with Crippen LogP contribution in [0.5, 0.6) is 0 Å². The van der Waals surface area contributed by atoms with Gasteiger partial charge in [0, 0.05) is 18.7 Å². The molecular weight excluding hydrogens is 262 g/mol. The summed E-state index contributed by atoms with van der Waals surface area (Å²) in [7, 11) is 0. The van der Waals surface area contributed by atoms with Crippen LogP contribution in [-0.2, 0) is 6.54 Å². The molecule has 1 aromatic heterocycles. The molecule has 0 aliphatic rings. The summed E-state index contributed by atoms with van der Waals surface area (Å²) >= 11 is 0. The van der Waals surface area contributed by atoms with Crippen LogP contribution in [0.15, 0.2) is 24.5 Å². The van der Waals surface area contributed by atoms with Crippen molar-refractivity contribution in [2.24, 2.45) is 0 Å². The minimum Gasteiger partial charge on any atom is -0.370 e. The van der Waals surface area contributed by atoms with Crippen molar-refractivity contribution in [1.82, 2.24) is 9.97 Å². The summed E-state index contributed by atoms with van der Waals surface area (Å²) in [5.74, 6) is -0.269. The molecule has 106 valence electrons. The minimum atomic E-state index is -0.850. The van der Waals surface area contributed by atoms with Gasteiger partial charge in [-0.05, 0) is 31.5 Å². The molecule has 0 saturated heterocycles. The highest BCUT2D eigenvalue weighted by Crippen LogP contribution is 2.19. The Labute approximate surface area is 116 Å². The van der Waals surface area contributed by atoms with Crippen LogP contribution >= 0.6 is 0 Å². The third-order valence-electron chi connectivity index (χ3n) is 2.87. The van der Waals surface area contributed by atoms with Crippen LogP contribution < -0.4 is 10.6 Å². The quantitative estimate of drug-likeness (QED) is 0.882. The van der Waals surface area contributed by atoms with Crippen molar-refractivity contribution in [2.75, 3.05) is 17.2 Å². The number of nitrogens with one attached hydrogen (secondary N) is 2. The second-order valence-electron chi connectivity index (χ2n) is 4.33. The van der Waals surface area contributed by atoms with Crippen molar-refractivity contribution in [3.8, 4) is 0 Å². The van der Waals surface area contributed by atoms with Gasteiger partial charge in [-0.1, -0.05) is 6.07 Å². The number of benzene rings is 1. The highest BCUT2D eigenvalue weighted by atomic mass is 19.2. The van der Waals surface area contributed by atoms with E-state index < -0.39 is 11.6 Å². The molecule has 6 heteroatoms. The maximum Gasteiger partial charge on any atom is 0.159 e. The monoisotopic (exact) mass is 278 g/mol. The van der Waals surface area contributed by atoms with Gasteiger partial charge < -0.3 is 10.6 Å². The van der Waals surface area contributed by atoms with Crippen LogP contribution in [0.1, 0.15) is 18.1 Å². The largest absolute Gasteiger partial charge is 0.370 e. The Hall–Kier alpha value is -2.24. The molecule has 0 fully saturated rings. The van der Waals surface area contributed by atoms with Crippen LogP contribution in [0.3, 0.4) is 0 Å². The van der Waals surface area contributed by atoms with Gasteiger partial charge in [0.25, 0.3) is 0 Å². The second-order valence-corrected chi connectivity index (χ2v) is 4.33. The summed E-state index contributed by atoms with van der Waals surface area (Å²) in [5.41, 5.74) is 1.53. The summed E-state index contributed by atoms with van der Waals surface area (Å²) < 4.78 is 25.9. The lowest BCUT2D eigenvalue weighted by Crippen LogP contribution is -2.08. The molecule has 2 N–H and O–H groups in total. The zero-order valence-electron chi connectivity index (χ0n) is 11.4. The topological polar surface area (TPSA) is 49.8 Å². The molecule has 20 heavy (non-hydrogen) atoms. The normalized spacial score (nSPS) is 10.4. The molecule has 0 aliphatic heterocycles. The summed E-state index contributed by atoms with van der Waals surface area (Å²) in [6, 6.07) is 3.82. The SMILES string of the molecule is CCNc1ncnc(NCc2ccc(F)c(F)c2)c1C. The Kier molecular flexibility index (Phi) is 4.45. The van der Waals surface area contributed by atoms with Crippen molar-refractivity contribution < 1.29 is 8.78 Å². The van der Waals surface area contributed by atoms with Gasteiger partial charge >= 0.3 is 0 Å². The molecule has 0 spiro atoms. The second kappa shape index (κ2) is 6.27. The highest BCUT2D eigenvalue weighted by molar-refractivity contribution is 5.56. The summed E-state index contributed by atoms with van der Waals surface area (Å²) in [6.07, 6.45) is 1.46. The molecule has 0 saturated carbocycles. The Morgan fingerprint density at radius 2 is 1.75 bits per heavy atom. The number of hydrogen-bond donors (Lipinski definition) is 2. The number of halogens is 2. The van der Waals surface area contributed by atoms with Gasteiger partial charge in [0.1, 0.15) is 18.0 Å². The predicted octanol–water partition coefficient (Wildman–Crippen LogP) is 3.11. The molecule has 2 aromatic rings. The summed E-state index contributed by atoms with van der Waals surface area (Å²) in [4.78, 5) is 8.28. The number of nitrogens with zero attached hydrogens (tertiary/aromatic N) is 2. The van der Waals surface area contributed by atoms with Crippen LogP contribution in [0.4, 0.5) is 20.4 Å². The van der Waals surface area contributed by atoms with E-state index in [9.17, 15) is 8.78 Å². The smallest absolute Gasteiger partial charge is 0.159 e. The zero-order valence-corrected chi connectivity index (χ0v) is 11.4. The summed E-state index contributed by atoms with van der Waals surface area (Å²) in [6.45, 7) is 5.00. The summed E-state index contributed by atoms with van der Waals surface area (Å²) in [5, 5.41) is 6.22. The van der Waals surface area contributed by atoms with E-state index in [1.54, 1.807) is 0 Å². The molecule has 1 heterocycles. The standard InChI is InChI=1S/C14H16F2N4/c1-3-17-13-9(2)14(20-8-19-13)18-7-10-4-5-11(15)12(16)6-10/h4-6,8H,3,7H2,1-2H3,(H2,17,18,19,20). The lowest BCUT2D eigenvalue weighted by Gasteiger charge is -2.12. The van der Waals surface area contributed by atoms with Gasteiger partial charge in [0.05, 0.1) is 0 Å². The highest BCUT2D eigenvalue weighted by Gasteiger charge is 2.07. The molecule has 0 atom stereocenters. The van der Waals surface area contributed by atoms with E-state index in [0.29, 0.717) is 17.9 Å². The van der Waals surface area contributed by atoms with Gasteiger partial charge in [-0.2, -0.15) is 0 Å². The lowest BCUT2D eigenvalue weighted by molar-refractivity contribution is 0.507. The van der Waals surface area contributed by atoms with Crippen molar-refractivity contribution >= 4 is 11.6 Å². The minimum absolute atomic E-state index is 0.362. The first kappa shape index (κ1) is 14.2. The third-order valence-corrected chi connectivity index (χ3v) is 2.87. The zero-order chi connectivity index (χ0) is 14.5. The molecule has 0 unspecified atom stereocenters. The molecule has 0 aliphatic carbocycles. The van der Waals surface area contributed by atoms with Crippen LogP contribution in [0.25, 0.3) is 0 Å². The Morgan fingerprint density at radius 1 is 1.05 bits per heavy atom. The van der Waals surface area contributed by atoms with Gasteiger partial charge in [-0.3, -0.25) is 0 Å². The first-order valence-electron chi connectivity index (χ1n) is 6.35. The van der Waals surface area contributed by atoms with Crippen molar-refractivity contribution in [1.29, 1.82) is 0 Å². The van der Waals surface area contributed by atoms with Gasteiger partial charge in [0.15, 0.2) is 11.6 Å². The molecule has 4 nitrogen and oxygen atoms in total. The maximum atomic E-state index is 13.1. The van der Waals surface area contributed by atoms with Gasteiger partial charge in [0.2, 0.25) is 0 Å². The number of rotatable bonds is 5. The number of hydrogen-bond acceptors (Lipinski definition) is 4. The molecule has 0 radical (unpaired) electrons. The first-order chi connectivity index (χ1) is 9.61. The van der Waals surface area contributed by atoms with Crippen molar-refractivity contribution in [2.45, 2.75) is 20.4 Å².